The molecule has 0 aliphatic carbocycles. The number of ether oxygens (including phenoxy) is 3. The second-order valence-electron chi connectivity index (χ2n) is 10.3. The van der Waals surface area contributed by atoms with Gasteiger partial charge in [-0.15, -0.1) is 0 Å². The summed E-state index contributed by atoms with van der Waals surface area (Å²) in [5.74, 6) is -0.119. The van der Waals surface area contributed by atoms with E-state index in [-0.39, 0.29) is 12.3 Å². The number of esters is 1. The lowest BCUT2D eigenvalue weighted by atomic mass is 9.87. The number of nitrogens with zero attached hydrogens (tertiary/aromatic N) is 3. The third kappa shape index (κ3) is 6.91. The quantitative estimate of drug-likeness (QED) is 0.0715. The summed E-state index contributed by atoms with van der Waals surface area (Å²) in [5, 5.41) is 15.4. The van der Waals surface area contributed by atoms with Gasteiger partial charge in [0.05, 0.1) is 34.9 Å². The molecule has 0 spiro atoms. The summed E-state index contributed by atoms with van der Waals surface area (Å²) in [6.07, 6.45) is 0. The number of carbonyl (C=O) groups is 1. The molecular weight excluding hydrogens is 566 g/mol. The number of rotatable bonds is 11. The van der Waals surface area contributed by atoms with Crippen LogP contribution in [0.25, 0.3) is 21.8 Å². The molecule has 6 aromatic rings. The molecule has 0 radical (unpaired) electrons. The van der Waals surface area contributed by atoms with Gasteiger partial charge >= 0.3 is 5.97 Å². The van der Waals surface area contributed by atoms with Crippen LogP contribution >= 0.6 is 0 Å². The molecule has 2 heterocycles. The largest absolute Gasteiger partial charge is 0.487 e. The predicted molar refractivity (Wildman–Crippen MR) is 173 cm³/mol. The van der Waals surface area contributed by atoms with Crippen LogP contribution < -0.4 is 9.47 Å². The van der Waals surface area contributed by atoms with Gasteiger partial charge in [0.15, 0.2) is 5.71 Å². The van der Waals surface area contributed by atoms with Gasteiger partial charge in [-0.3, -0.25) is 0 Å². The van der Waals surface area contributed by atoms with Gasteiger partial charge in [0.25, 0.3) is 0 Å². The number of carbonyl (C=O) groups excluding carboxylic acids is 1. The molecule has 8 nitrogen and oxygen atoms in total. The van der Waals surface area contributed by atoms with Gasteiger partial charge in [0.1, 0.15) is 24.7 Å². The molecule has 224 valence electrons. The van der Waals surface area contributed by atoms with E-state index in [0.29, 0.717) is 24.7 Å². The highest BCUT2D eigenvalue weighted by Crippen LogP contribution is 2.30. The fourth-order valence-corrected chi connectivity index (χ4v) is 5.13. The minimum atomic E-state index is -0.699. The first kappa shape index (κ1) is 29.3. The molecule has 0 aliphatic rings. The fourth-order valence-electron chi connectivity index (χ4n) is 5.13. The average molecular weight is 598 g/mol. The third-order valence-electron chi connectivity index (χ3n) is 7.38. The second-order valence-corrected chi connectivity index (χ2v) is 10.3. The molecule has 2 aromatic heterocycles. The summed E-state index contributed by atoms with van der Waals surface area (Å²) in [7, 11) is 0. The summed E-state index contributed by atoms with van der Waals surface area (Å²) in [4.78, 5) is 22.2. The van der Waals surface area contributed by atoms with Crippen molar-refractivity contribution < 1.29 is 24.2 Å². The lowest BCUT2D eigenvalue weighted by molar-refractivity contribution is -0.135. The molecule has 8 heteroatoms. The van der Waals surface area contributed by atoms with E-state index in [1.807, 2.05) is 121 Å². The Labute approximate surface area is 260 Å². The highest BCUT2D eigenvalue weighted by atomic mass is 16.5. The lowest BCUT2D eigenvalue weighted by Gasteiger charge is -2.19. The van der Waals surface area contributed by atoms with Gasteiger partial charge in [0, 0.05) is 10.8 Å². The summed E-state index contributed by atoms with van der Waals surface area (Å²) in [5.41, 5.74) is 4.77. The molecule has 0 saturated heterocycles. The monoisotopic (exact) mass is 597 g/mol. The molecule has 0 unspecified atom stereocenters. The molecular formula is C37H31N3O5. The van der Waals surface area contributed by atoms with Crippen molar-refractivity contribution in [3.05, 3.63) is 144 Å². The van der Waals surface area contributed by atoms with Crippen molar-refractivity contribution in [1.82, 2.24) is 9.97 Å². The van der Waals surface area contributed by atoms with Crippen LogP contribution in [0, 0.1) is 0 Å². The Morgan fingerprint density at radius 2 is 1.13 bits per heavy atom. The van der Waals surface area contributed by atoms with Gasteiger partial charge in [-0.05, 0) is 66.6 Å². The Bertz CT molecular complexity index is 1830. The van der Waals surface area contributed by atoms with Crippen molar-refractivity contribution in [3.8, 4) is 11.5 Å². The topological polar surface area (TPSA) is 103 Å². The Morgan fingerprint density at radius 1 is 0.667 bits per heavy atom. The first-order valence-electron chi connectivity index (χ1n) is 14.6. The predicted octanol–water partition coefficient (Wildman–Crippen LogP) is 7.47. The molecule has 0 fully saturated rings. The van der Waals surface area contributed by atoms with E-state index in [4.69, 9.17) is 14.2 Å². The zero-order valence-corrected chi connectivity index (χ0v) is 24.7. The van der Waals surface area contributed by atoms with Crippen molar-refractivity contribution in [3.63, 3.8) is 0 Å². The van der Waals surface area contributed by atoms with Crippen LogP contribution in [0.3, 0.4) is 0 Å². The smallest absolute Gasteiger partial charge is 0.357 e. The molecule has 6 rings (SSSR count). The molecule has 1 N–H and O–H groups in total. The van der Waals surface area contributed by atoms with Crippen molar-refractivity contribution in [2.45, 2.75) is 26.1 Å². The Kier molecular flexibility index (Phi) is 8.92. The Morgan fingerprint density at radius 3 is 1.58 bits per heavy atom. The second kappa shape index (κ2) is 13.7. The van der Waals surface area contributed by atoms with E-state index in [1.54, 1.807) is 6.92 Å². The molecule has 0 bridgehead atoms. The number of hydrogen-bond acceptors (Lipinski definition) is 8. The molecule has 4 aromatic carbocycles. The minimum Gasteiger partial charge on any atom is -0.487 e. The van der Waals surface area contributed by atoms with E-state index in [0.717, 1.165) is 44.3 Å². The summed E-state index contributed by atoms with van der Waals surface area (Å²) in [6, 6.07) is 38.4. The molecule has 45 heavy (non-hydrogen) atoms. The maximum absolute atomic E-state index is 12.8. The molecule has 0 atom stereocenters. The van der Waals surface area contributed by atoms with Crippen LogP contribution in [0.5, 0.6) is 11.5 Å². The Balaban J connectivity index is 1.18. The first-order chi connectivity index (χ1) is 22.1. The van der Waals surface area contributed by atoms with E-state index in [1.165, 1.54) is 0 Å². The summed E-state index contributed by atoms with van der Waals surface area (Å²) < 4.78 is 17.2. The average Bonchev–Trinajstić information content (AvgIpc) is 3.09. The Hall–Kier alpha value is -5.76. The number of pyridine rings is 2. The molecule has 0 aliphatic heterocycles. The molecule has 0 saturated carbocycles. The van der Waals surface area contributed by atoms with Crippen molar-refractivity contribution >= 4 is 33.5 Å². The van der Waals surface area contributed by atoms with Crippen LogP contribution in [0.15, 0.2) is 126 Å². The van der Waals surface area contributed by atoms with Crippen LogP contribution in [-0.2, 0) is 22.7 Å². The standard InChI is InChI=1S/C37H31N3O5/c1-2-43-37(41)36(40-42)35(27-13-19-31(20-14-27)44-23-29-17-11-25-7-3-5-9-33(25)38-29)28-15-21-32(22-16-28)45-24-30-18-12-26-8-4-6-10-34(26)39-30/h3-22,35,42H,2,23-24H2,1H3. The van der Waals surface area contributed by atoms with Gasteiger partial charge < -0.3 is 19.4 Å². The van der Waals surface area contributed by atoms with E-state index in [9.17, 15) is 10.0 Å². The number of fused-ring (bicyclic) bond motifs is 2. The zero-order valence-electron chi connectivity index (χ0n) is 24.7. The van der Waals surface area contributed by atoms with Crippen molar-refractivity contribution in [2.24, 2.45) is 5.16 Å². The number of hydrogen-bond donors (Lipinski definition) is 1. The lowest BCUT2D eigenvalue weighted by Crippen LogP contribution is -2.26. The summed E-state index contributed by atoms with van der Waals surface area (Å²) >= 11 is 0. The number of aromatic nitrogens is 2. The fraction of sp³-hybridized carbons (Fsp3) is 0.135. The minimum absolute atomic E-state index is 0.125. The highest BCUT2D eigenvalue weighted by molar-refractivity contribution is 6.39. The van der Waals surface area contributed by atoms with Crippen LogP contribution in [0.1, 0.15) is 35.4 Å². The van der Waals surface area contributed by atoms with E-state index >= 15 is 0 Å². The van der Waals surface area contributed by atoms with E-state index in [2.05, 4.69) is 15.1 Å². The first-order valence-corrected chi connectivity index (χ1v) is 14.6. The zero-order chi connectivity index (χ0) is 31.0. The van der Waals surface area contributed by atoms with Gasteiger partial charge in [0.2, 0.25) is 0 Å². The van der Waals surface area contributed by atoms with Gasteiger partial charge in [-0.2, -0.15) is 0 Å². The SMILES string of the molecule is CCOC(=O)C(=NO)C(c1ccc(OCc2ccc3ccccc3n2)cc1)c1ccc(OCc2ccc3ccccc3n2)cc1. The van der Waals surface area contributed by atoms with Crippen molar-refractivity contribution in [2.75, 3.05) is 6.61 Å². The van der Waals surface area contributed by atoms with Crippen LogP contribution in [0.2, 0.25) is 0 Å². The number of benzene rings is 4. The number of para-hydroxylation sites is 2. The number of oxime groups is 1. The maximum Gasteiger partial charge on any atom is 0.357 e. The molecule has 0 amide bonds. The van der Waals surface area contributed by atoms with Crippen LogP contribution in [-0.4, -0.2) is 33.5 Å². The van der Waals surface area contributed by atoms with Crippen molar-refractivity contribution in [1.29, 1.82) is 0 Å². The van der Waals surface area contributed by atoms with Gasteiger partial charge in [-0.1, -0.05) is 78.0 Å². The maximum atomic E-state index is 12.8. The normalized spacial score (nSPS) is 11.6. The third-order valence-corrected chi connectivity index (χ3v) is 7.38. The summed E-state index contributed by atoms with van der Waals surface area (Å²) in [6.45, 7) is 2.46. The van der Waals surface area contributed by atoms with Gasteiger partial charge in [-0.25, -0.2) is 14.8 Å². The van der Waals surface area contributed by atoms with E-state index < -0.39 is 11.9 Å². The van der Waals surface area contributed by atoms with Crippen LogP contribution in [0.4, 0.5) is 0 Å². The highest BCUT2D eigenvalue weighted by Gasteiger charge is 2.28.